The second kappa shape index (κ2) is 11.3. The number of carbonyl (C=O) groups is 3. The molecule has 0 fully saturated rings. The minimum Gasteiger partial charge on any atom is -0.478 e. The van der Waals surface area contributed by atoms with Crippen LogP contribution in [0.5, 0.6) is 0 Å². The molecule has 1 aromatic carbocycles. The molecule has 0 saturated carbocycles. The Morgan fingerprint density at radius 1 is 1.18 bits per heavy atom. The van der Waals surface area contributed by atoms with Gasteiger partial charge >= 0.3 is 5.97 Å². The van der Waals surface area contributed by atoms with E-state index in [-0.39, 0.29) is 17.3 Å². The number of aliphatic hydroxyl groups is 1. The highest BCUT2D eigenvalue weighted by atomic mass is 35.5. The van der Waals surface area contributed by atoms with Gasteiger partial charge in [-0.15, -0.1) is 17.9 Å². The Morgan fingerprint density at radius 3 is 2.39 bits per heavy atom. The number of para-hydroxylation sites is 1. The summed E-state index contributed by atoms with van der Waals surface area (Å²) in [4.78, 5) is 41.8. The standard InChI is InChI=1S/C24H27ClN2O5S/c1-5-13-26(24(2,3)4)23(32)22(18-10-7-14-33-18)27(19(29)11-12-20(30)31)21-16(15-28)8-6-9-17(21)25/h5-12,14,22,28H,1,13,15H2,2-4H3,(H,30,31)/b12-11-. The molecule has 0 aliphatic rings. The van der Waals surface area contributed by atoms with Gasteiger partial charge in [-0.05, 0) is 38.3 Å². The lowest BCUT2D eigenvalue weighted by Crippen LogP contribution is -2.52. The van der Waals surface area contributed by atoms with Crippen molar-refractivity contribution in [3.8, 4) is 0 Å². The Hall–Kier alpha value is -2.94. The molecule has 2 aromatic rings. The summed E-state index contributed by atoms with van der Waals surface area (Å²) in [6.07, 6.45) is 3.17. The van der Waals surface area contributed by atoms with E-state index in [2.05, 4.69) is 6.58 Å². The van der Waals surface area contributed by atoms with Crippen molar-refractivity contribution >= 4 is 46.4 Å². The Bertz CT molecular complexity index is 1040. The molecule has 7 nitrogen and oxygen atoms in total. The molecule has 176 valence electrons. The number of carboxylic acids is 1. The molecule has 1 heterocycles. The number of aliphatic carboxylic acids is 1. The van der Waals surface area contributed by atoms with E-state index in [1.807, 2.05) is 20.8 Å². The number of thiophene rings is 1. The summed E-state index contributed by atoms with van der Waals surface area (Å²) in [5.74, 6) is -2.48. The zero-order chi connectivity index (χ0) is 24.8. The predicted molar refractivity (Wildman–Crippen MR) is 130 cm³/mol. The van der Waals surface area contributed by atoms with Crippen molar-refractivity contribution in [2.24, 2.45) is 0 Å². The molecule has 33 heavy (non-hydrogen) atoms. The maximum absolute atomic E-state index is 14.0. The van der Waals surface area contributed by atoms with Crippen molar-refractivity contribution in [3.05, 3.63) is 76.0 Å². The van der Waals surface area contributed by atoms with Crippen molar-refractivity contribution in [2.45, 2.75) is 39.0 Å². The first-order valence-electron chi connectivity index (χ1n) is 10.1. The van der Waals surface area contributed by atoms with Crippen LogP contribution in [0.25, 0.3) is 0 Å². The van der Waals surface area contributed by atoms with E-state index in [0.717, 1.165) is 11.0 Å². The van der Waals surface area contributed by atoms with E-state index in [0.29, 0.717) is 16.5 Å². The summed E-state index contributed by atoms with van der Waals surface area (Å²) in [7, 11) is 0. The number of carboxylic acid groups (broad SMARTS) is 1. The molecule has 0 aliphatic carbocycles. The van der Waals surface area contributed by atoms with Gasteiger partial charge in [0.05, 0.1) is 17.3 Å². The van der Waals surface area contributed by atoms with Gasteiger partial charge in [0.25, 0.3) is 11.8 Å². The van der Waals surface area contributed by atoms with E-state index in [4.69, 9.17) is 16.7 Å². The highest BCUT2D eigenvalue weighted by Crippen LogP contribution is 2.39. The third kappa shape index (κ3) is 6.31. The summed E-state index contributed by atoms with van der Waals surface area (Å²) in [5, 5.41) is 20.9. The van der Waals surface area contributed by atoms with Crippen LogP contribution in [-0.4, -0.2) is 45.0 Å². The van der Waals surface area contributed by atoms with Crippen molar-refractivity contribution in [1.29, 1.82) is 0 Å². The molecule has 2 amide bonds. The summed E-state index contributed by atoms with van der Waals surface area (Å²) in [5.41, 5.74) is -0.145. The number of hydrogen-bond acceptors (Lipinski definition) is 5. The van der Waals surface area contributed by atoms with Crippen LogP contribution >= 0.6 is 22.9 Å². The van der Waals surface area contributed by atoms with Crippen LogP contribution < -0.4 is 4.90 Å². The number of anilines is 1. The largest absolute Gasteiger partial charge is 0.478 e. The third-order valence-corrected chi connectivity index (χ3v) is 6.01. The number of carbonyl (C=O) groups excluding carboxylic acids is 2. The van der Waals surface area contributed by atoms with Gasteiger partial charge in [0.2, 0.25) is 0 Å². The number of amides is 2. The van der Waals surface area contributed by atoms with Gasteiger partial charge < -0.3 is 15.1 Å². The summed E-state index contributed by atoms with van der Waals surface area (Å²) < 4.78 is 0. The molecule has 0 aliphatic heterocycles. The summed E-state index contributed by atoms with van der Waals surface area (Å²) in [6, 6.07) is 7.07. The minimum atomic E-state index is -1.31. The molecular formula is C24H27ClN2O5S. The van der Waals surface area contributed by atoms with Crippen LogP contribution in [0.2, 0.25) is 5.02 Å². The number of aliphatic hydroxyl groups excluding tert-OH is 1. The monoisotopic (exact) mass is 490 g/mol. The highest BCUT2D eigenvalue weighted by Gasteiger charge is 2.40. The number of hydrogen-bond donors (Lipinski definition) is 2. The van der Waals surface area contributed by atoms with Gasteiger partial charge in [0, 0.05) is 34.7 Å². The fourth-order valence-corrected chi connectivity index (χ4v) is 4.42. The van der Waals surface area contributed by atoms with Crippen molar-refractivity contribution < 1.29 is 24.6 Å². The minimum absolute atomic E-state index is 0.138. The van der Waals surface area contributed by atoms with Crippen molar-refractivity contribution in [1.82, 2.24) is 4.90 Å². The van der Waals surface area contributed by atoms with Gasteiger partial charge in [0.15, 0.2) is 6.04 Å². The van der Waals surface area contributed by atoms with E-state index in [1.54, 1.807) is 46.7 Å². The van der Waals surface area contributed by atoms with Gasteiger partial charge in [-0.2, -0.15) is 0 Å². The van der Waals surface area contributed by atoms with Crippen LogP contribution in [-0.2, 0) is 21.0 Å². The molecule has 9 heteroatoms. The normalized spacial score (nSPS) is 12.4. The number of rotatable bonds is 9. The molecule has 2 rings (SSSR count). The maximum Gasteiger partial charge on any atom is 0.328 e. The molecule has 1 unspecified atom stereocenters. The zero-order valence-electron chi connectivity index (χ0n) is 18.7. The van der Waals surface area contributed by atoms with Crippen LogP contribution in [0.15, 0.2) is 60.5 Å². The average molecular weight is 491 g/mol. The van der Waals surface area contributed by atoms with Gasteiger partial charge in [-0.25, -0.2) is 4.79 Å². The SMILES string of the molecule is C=CCN(C(=O)C(c1cccs1)N(C(=O)/C=C\C(=O)O)c1c(Cl)cccc1CO)C(C)(C)C. The quantitative estimate of drug-likeness (QED) is 0.400. The Kier molecular flexibility index (Phi) is 8.99. The topological polar surface area (TPSA) is 98.2 Å². The molecule has 0 saturated heterocycles. The van der Waals surface area contributed by atoms with E-state index in [9.17, 15) is 19.5 Å². The number of halogens is 1. The smallest absolute Gasteiger partial charge is 0.328 e. The lowest BCUT2D eigenvalue weighted by molar-refractivity contribution is -0.138. The van der Waals surface area contributed by atoms with Gasteiger partial charge in [-0.3, -0.25) is 14.5 Å². The zero-order valence-corrected chi connectivity index (χ0v) is 20.3. The predicted octanol–water partition coefficient (Wildman–Crippen LogP) is 4.42. The van der Waals surface area contributed by atoms with Crippen LogP contribution in [0, 0.1) is 0 Å². The average Bonchev–Trinajstić information content (AvgIpc) is 3.27. The summed E-state index contributed by atoms with van der Waals surface area (Å²) in [6.45, 7) is 9.13. The molecular weight excluding hydrogens is 464 g/mol. The first-order valence-corrected chi connectivity index (χ1v) is 11.4. The molecule has 1 aromatic heterocycles. The first-order chi connectivity index (χ1) is 15.5. The van der Waals surface area contributed by atoms with Crippen LogP contribution in [0.4, 0.5) is 5.69 Å². The Morgan fingerprint density at radius 2 is 1.88 bits per heavy atom. The van der Waals surface area contributed by atoms with Crippen molar-refractivity contribution in [3.63, 3.8) is 0 Å². The molecule has 0 bridgehead atoms. The maximum atomic E-state index is 14.0. The Balaban J connectivity index is 2.82. The molecule has 0 spiro atoms. The van der Waals surface area contributed by atoms with Crippen LogP contribution in [0.3, 0.4) is 0 Å². The Labute approximate surface area is 202 Å². The fraction of sp³-hybridized carbons (Fsp3) is 0.292. The lowest BCUT2D eigenvalue weighted by atomic mass is 10.0. The van der Waals surface area contributed by atoms with E-state index >= 15 is 0 Å². The van der Waals surface area contributed by atoms with Gasteiger partial charge in [0.1, 0.15) is 0 Å². The number of benzene rings is 1. The van der Waals surface area contributed by atoms with Crippen molar-refractivity contribution in [2.75, 3.05) is 11.4 Å². The highest BCUT2D eigenvalue weighted by molar-refractivity contribution is 7.10. The molecule has 0 radical (unpaired) electrons. The number of nitrogens with zero attached hydrogens (tertiary/aromatic N) is 2. The molecule has 2 N–H and O–H groups in total. The molecule has 1 atom stereocenters. The van der Waals surface area contributed by atoms with Gasteiger partial charge in [-0.1, -0.05) is 35.9 Å². The second-order valence-electron chi connectivity index (χ2n) is 8.11. The van der Waals surface area contributed by atoms with Crippen LogP contribution in [0.1, 0.15) is 37.3 Å². The second-order valence-corrected chi connectivity index (χ2v) is 9.50. The van der Waals surface area contributed by atoms with E-state index in [1.165, 1.54) is 11.3 Å². The lowest BCUT2D eigenvalue weighted by Gasteiger charge is -2.40. The first kappa shape index (κ1) is 26.3. The third-order valence-electron chi connectivity index (χ3n) is 4.78. The summed E-state index contributed by atoms with van der Waals surface area (Å²) >= 11 is 7.74. The fourth-order valence-electron chi connectivity index (χ4n) is 3.32. The van der Waals surface area contributed by atoms with E-state index < -0.39 is 36.0 Å².